The van der Waals surface area contributed by atoms with Gasteiger partial charge in [-0.25, -0.2) is 0 Å². The minimum absolute atomic E-state index is 1.12. The Morgan fingerprint density at radius 2 is 1.57 bits per heavy atom. The van der Waals surface area contributed by atoms with Gasteiger partial charge in [-0.2, -0.15) is 0 Å². The maximum atomic E-state index is 3.27. The van der Waals surface area contributed by atoms with Crippen molar-refractivity contribution < 1.29 is 0 Å². The lowest BCUT2D eigenvalue weighted by Crippen LogP contribution is -2.03. The van der Waals surface area contributed by atoms with Gasteiger partial charge in [0.05, 0.1) is 0 Å². The lowest BCUT2D eigenvalue weighted by atomic mass is 10.0. The molecule has 0 unspecified atom stereocenters. The summed E-state index contributed by atoms with van der Waals surface area (Å²) in [6.07, 6.45) is 27.1. The van der Waals surface area contributed by atoms with Gasteiger partial charge in [0, 0.05) is 11.9 Å². The summed E-state index contributed by atoms with van der Waals surface area (Å²) in [5.41, 5.74) is 3.68. The molecule has 0 saturated heterocycles. The maximum Gasteiger partial charge on any atom is 0.0336 e. The van der Waals surface area contributed by atoms with Crippen LogP contribution in [0, 0.1) is 0 Å². The molecule has 0 fully saturated rings. The van der Waals surface area contributed by atoms with E-state index in [4.69, 9.17) is 0 Å². The second kappa shape index (κ2) is 10.7. The molecule has 140 valence electrons. The van der Waals surface area contributed by atoms with Crippen molar-refractivity contribution in [3.8, 4) is 0 Å². The molecule has 0 aliphatic heterocycles. The van der Waals surface area contributed by atoms with Crippen LogP contribution < -0.4 is 5.32 Å². The van der Waals surface area contributed by atoms with Gasteiger partial charge in [0.1, 0.15) is 0 Å². The largest absolute Gasteiger partial charge is 0.362 e. The fraction of sp³-hybridized carbons (Fsp3) is 0.111. The highest BCUT2D eigenvalue weighted by molar-refractivity contribution is 5.86. The van der Waals surface area contributed by atoms with E-state index in [0.29, 0.717) is 0 Å². The SMILES string of the molecule is CC(=C/C=C/C=C/C=C/C=C/NC1=CCCC=C1)c1ccc2ccccc2c1. The van der Waals surface area contributed by atoms with Gasteiger partial charge in [-0.1, -0.05) is 91.1 Å². The van der Waals surface area contributed by atoms with Gasteiger partial charge in [-0.05, 0) is 59.9 Å². The topological polar surface area (TPSA) is 12.0 Å². The van der Waals surface area contributed by atoms with E-state index in [0.717, 1.165) is 12.8 Å². The first kappa shape index (κ1) is 19.4. The summed E-state index contributed by atoms with van der Waals surface area (Å²) in [5.74, 6) is 0. The van der Waals surface area contributed by atoms with Crippen LogP contribution in [0.25, 0.3) is 16.3 Å². The second-order valence-electron chi connectivity index (χ2n) is 6.71. The summed E-state index contributed by atoms with van der Waals surface area (Å²) in [6.45, 7) is 2.15. The molecule has 0 amide bonds. The van der Waals surface area contributed by atoms with Gasteiger partial charge in [0.2, 0.25) is 0 Å². The molecule has 0 saturated carbocycles. The number of nitrogens with one attached hydrogen (secondary N) is 1. The average molecular weight is 366 g/mol. The van der Waals surface area contributed by atoms with Crippen LogP contribution in [-0.4, -0.2) is 0 Å². The van der Waals surface area contributed by atoms with Crippen molar-refractivity contribution in [3.63, 3.8) is 0 Å². The van der Waals surface area contributed by atoms with Gasteiger partial charge in [-0.3, -0.25) is 0 Å². The fourth-order valence-corrected chi connectivity index (χ4v) is 2.97. The van der Waals surface area contributed by atoms with Crippen molar-refractivity contribution in [1.29, 1.82) is 0 Å². The Morgan fingerprint density at radius 3 is 2.36 bits per heavy atom. The summed E-state index contributed by atoms with van der Waals surface area (Å²) in [7, 11) is 0. The third-order valence-corrected chi connectivity index (χ3v) is 4.56. The van der Waals surface area contributed by atoms with Crippen LogP contribution in [0.4, 0.5) is 0 Å². The van der Waals surface area contributed by atoms with Crippen LogP contribution in [0.2, 0.25) is 0 Å². The van der Waals surface area contributed by atoms with Gasteiger partial charge >= 0.3 is 0 Å². The maximum absolute atomic E-state index is 3.27. The normalized spacial score (nSPS) is 15.5. The van der Waals surface area contributed by atoms with Crippen LogP contribution in [0.15, 0.2) is 121 Å². The second-order valence-corrected chi connectivity index (χ2v) is 6.71. The zero-order valence-corrected chi connectivity index (χ0v) is 16.4. The van der Waals surface area contributed by atoms with Gasteiger partial charge in [0.15, 0.2) is 0 Å². The van der Waals surface area contributed by atoms with Gasteiger partial charge in [0.25, 0.3) is 0 Å². The fourth-order valence-electron chi connectivity index (χ4n) is 2.97. The van der Waals surface area contributed by atoms with Crippen molar-refractivity contribution in [2.45, 2.75) is 19.8 Å². The predicted octanol–water partition coefficient (Wildman–Crippen LogP) is 7.25. The van der Waals surface area contributed by atoms with Crippen LogP contribution in [-0.2, 0) is 0 Å². The van der Waals surface area contributed by atoms with Crippen LogP contribution in [0.3, 0.4) is 0 Å². The summed E-state index contributed by atoms with van der Waals surface area (Å²) >= 11 is 0. The minimum atomic E-state index is 1.12. The molecule has 1 aliphatic carbocycles. The van der Waals surface area contributed by atoms with Crippen LogP contribution in [0.5, 0.6) is 0 Å². The number of benzene rings is 2. The third-order valence-electron chi connectivity index (χ3n) is 4.56. The van der Waals surface area contributed by atoms with E-state index in [2.05, 4.69) is 91.2 Å². The molecule has 1 aliphatic rings. The zero-order valence-electron chi connectivity index (χ0n) is 16.4. The molecule has 1 N–H and O–H groups in total. The monoisotopic (exact) mass is 365 g/mol. The first-order valence-corrected chi connectivity index (χ1v) is 9.79. The molecule has 0 radical (unpaired) electrons. The number of hydrogen-bond acceptors (Lipinski definition) is 1. The van der Waals surface area contributed by atoms with E-state index in [-0.39, 0.29) is 0 Å². The van der Waals surface area contributed by atoms with Crippen LogP contribution in [0.1, 0.15) is 25.3 Å². The number of allylic oxidation sites excluding steroid dienone is 12. The van der Waals surface area contributed by atoms with E-state index in [1.807, 2.05) is 36.6 Å². The Morgan fingerprint density at radius 1 is 0.821 bits per heavy atom. The summed E-state index contributed by atoms with van der Waals surface area (Å²) in [4.78, 5) is 0. The molecular weight excluding hydrogens is 338 g/mol. The Hall–Kier alpha value is -3.32. The molecule has 2 aromatic carbocycles. The zero-order chi connectivity index (χ0) is 19.4. The molecule has 0 bridgehead atoms. The lowest BCUT2D eigenvalue weighted by Gasteiger charge is -2.04. The molecule has 0 heterocycles. The third kappa shape index (κ3) is 6.14. The minimum Gasteiger partial charge on any atom is -0.362 e. The number of rotatable bonds is 7. The molecule has 28 heavy (non-hydrogen) atoms. The molecule has 1 nitrogen and oxygen atoms in total. The Balaban J connectivity index is 1.46. The van der Waals surface area contributed by atoms with Crippen molar-refractivity contribution >= 4 is 16.3 Å². The molecule has 2 aromatic rings. The highest BCUT2D eigenvalue weighted by Gasteiger charge is 1.97. The van der Waals surface area contributed by atoms with E-state index < -0.39 is 0 Å². The first-order valence-electron chi connectivity index (χ1n) is 9.79. The summed E-state index contributed by atoms with van der Waals surface area (Å²) in [6, 6.07) is 15.1. The molecule has 1 heteroatoms. The van der Waals surface area contributed by atoms with E-state index in [1.165, 1.54) is 27.6 Å². The predicted molar refractivity (Wildman–Crippen MR) is 124 cm³/mol. The van der Waals surface area contributed by atoms with Crippen molar-refractivity contribution in [1.82, 2.24) is 5.32 Å². The molecular formula is C27H27N. The van der Waals surface area contributed by atoms with E-state index >= 15 is 0 Å². The summed E-state index contributed by atoms with van der Waals surface area (Å²) < 4.78 is 0. The number of hydrogen-bond donors (Lipinski definition) is 1. The quantitative estimate of drug-likeness (QED) is 0.510. The van der Waals surface area contributed by atoms with E-state index in [1.54, 1.807) is 0 Å². The molecule has 0 spiro atoms. The first-order chi connectivity index (χ1) is 13.8. The standard InChI is InChI=1S/C27H27N/c1-23(25-20-19-24-15-11-12-16-26(24)22-25)14-8-5-3-2-4-6-13-21-28-27-17-9-7-10-18-27/h2-6,8-9,11-22,28H,7,10H2,1H3/b3-2+,6-4+,8-5+,21-13+,23-14?. The molecule has 0 atom stereocenters. The molecule has 3 rings (SSSR count). The van der Waals surface area contributed by atoms with Crippen molar-refractivity contribution in [3.05, 3.63) is 127 Å². The van der Waals surface area contributed by atoms with Gasteiger partial charge < -0.3 is 5.32 Å². The van der Waals surface area contributed by atoms with Crippen LogP contribution >= 0.6 is 0 Å². The molecule has 0 aromatic heterocycles. The van der Waals surface area contributed by atoms with Crippen molar-refractivity contribution in [2.75, 3.05) is 0 Å². The average Bonchev–Trinajstić information content (AvgIpc) is 2.75. The Kier molecular flexibility index (Phi) is 7.46. The van der Waals surface area contributed by atoms with Gasteiger partial charge in [-0.15, -0.1) is 0 Å². The Bertz CT molecular complexity index is 994. The number of fused-ring (bicyclic) bond motifs is 1. The van der Waals surface area contributed by atoms with E-state index in [9.17, 15) is 0 Å². The Labute approximate surface area is 168 Å². The van der Waals surface area contributed by atoms with Crippen molar-refractivity contribution in [2.24, 2.45) is 0 Å². The summed E-state index contributed by atoms with van der Waals surface area (Å²) in [5, 5.41) is 5.82. The highest BCUT2D eigenvalue weighted by atomic mass is 14.8. The smallest absolute Gasteiger partial charge is 0.0336 e. The lowest BCUT2D eigenvalue weighted by molar-refractivity contribution is 0.969. The highest BCUT2D eigenvalue weighted by Crippen LogP contribution is 2.20.